The topological polar surface area (TPSA) is 90.5 Å². The Labute approximate surface area is 158 Å². The van der Waals surface area contributed by atoms with E-state index >= 15 is 0 Å². The molecular weight excluding hydrogens is 344 g/mol. The van der Waals surface area contributed by atoms with Crippen LogP contribution in [0.25, 0.3) is 0 Å². The lowest BCUT2D eigenvalue weighted by molar-refractivity contribution is -0.114. The van der Waals surface area contributed by atoms with Crippen LogP contribution in [0.3, 0.4) is 0 Å². The fraction of sp³-hybridized carbons (Fsp3) is 0.368. The summed E-state index contributed by atoms with van der Waals surface area (Å²) in [5.74, 6) is 0.361. The summed E-state index contributed by atoms with van der Waals surface area (Å²) in [5.41, 5.74) is 1.91. The maximum absolute atomic E-state index is 12.7. The molecule has 1 fully saturated rings. The van der Waals surface area contributed by atoms with Gasteiger partial charge >= 0.3 is 0 Å². The number of nitrogens with one attached hydrogen (secondary N) is 2. The molecule has 142 valence electrons. The number of hydrogen-bond donors (Lipinski definition) is 2. The molecular formula is C19H24N6O2. The van der Waals surface area contributed by atoms with Crippen molar-refractivity contribution in [1.29, 1.82) is 0 Å². The molecule has 2 aromatic rings. The molecule has 2 amide bonds. The van der Waals surface area contributed by atoms with E-state index in [1.54, 1.807) is 18.2 Å². The number of carbonyl (C=O) groups excluding carboxylic acids is 2. The minimum Gasteiger partial charge on any atom is -0.340 e. The number of carbonyl (C=O) groups is 2. The molecule has 0 bridgehead atoms. The second-order valence-corrected chi connectivity index (χ2v) is 6.40. The Hall–Kier alpha value is -3.00. The summed E-state index contributed by atoms with van der Waals surface area (Å²) < 4.78 is 0. The summed E-state index contributed by atoms with van der Waals surface area (Å²) in [7, 11) is 0. The number of piperazine rings is 1. The van der Waals surface area contributed by atoms with Crippen LogP contribution in [0.4, 0.5) is 17.2 Å². The van der Waals surface area contributed by atoms with Crippen LogP contribution in [0, 0.1) is 0 Å². The van der Waals surface area contributed by atoms with Gasteiger partial charge in [0.1, 0.15) is 17.8 Å². The van der Waals surface area contributed by atoms with Gasteiger partial charge in [0, 0.05) is 50.5 Å². The van der Waals surface area contributed by atoms with Crippen LogP contribution in [0.15, 0.2) is 36.7 Å². The van der Waals surface area contributed by atoms with E-state index in [-0.39, 0.29) is 11.8 Å². The van der Waals surface area contributed by atoms with Crippen LogP contribution in [0.2, 0.25) is 0 Å². The quantitative estimate of drug-likeness (QED) is 0.838. The number of likely N-dealkylation sites (N-methyl/N-ethyl adjacent to an activating group) is 1. The number of nitrogens with zero attached hydrogens (tertiary/aromatic N) is 4. The molecule has 1 saturated heterocycles. The number of hydrogen-bond acceptors (Lipinski definition) is 6. The molecule has 1 aromatic heterocycles. The summed E-state index contributed by atoms with van der Waals surface area (Å²) in [6.45, 7) is 7.80. The van der Waals surface area contributed by atoms with Crippen molar-refractivity contribution in [1.82, 2.24) is 19.8 Å². The number of benzene rings is 1. The van der Waals surface area contributed by atoms with Crippen LogP contribution >= 0.6 is 0 Å². The minimum atomic E-state index is -0.116. The van der Waals surface area contributed by atoms with Crippen molar-refractivity contribution in [3.8, 4) is 0 Å². The van der Waals surface area contributed by atoms with Gasteiger partial charge in [-0.25, -0.2) is 9.97 Å². The van der Waals surface area contributed by atoms with Crippen LogP contribution in [-0.4, -0.2) is 64.3 Å². The number of anilines is 3. The van der Waals surface area contributed by atoms with Gasteiger partial charge in [-0.15, -0.1) is 0 Å². The summed E-state index contributed by atoms with van der Waals surface area (Å²) >= 11 is 0. The van der Waals surface area contributed by atoms with Crippen molar-refractivity contribution in [3.63, 3.8) is 0 Å². The molecule has 27 heavy (non-hydrogen) atoms. The molecule has 0 radical (unpaired) electrons. The van der Waals surface area contributed by atoms with Gasteiger partial charge in [0.2, 0.25) is 5.91 Å². The molecule has 0 spiro atoms. The maximum Gasteiger partial charge on any atom is 0.272 e. The largest absolute Gasteiger partial charge is 0.340 e. The summed E-state index contributed by atoms with van der Waals surface area (Å²) in [4.78, 5) is 36.3. The van der Waals surface area contributed by atoms with E-state index < -0.39 is 0 Å². The van der Waals surface area contributed by atoms with Gasteiger partial charge in [-0.05, 0) is 30.8 Å². The lowest BCUT2D eigenvalue weighted by Gasteiger charge is -2.33. The molecule has 8 heteroatoms. The fourth-order valence-electron chi connectivity index (χ4n) is 2.96. The molecule has 0 aliphatic carbocycles. The van der Waals surface area contributed by atoms with E-state index in [9.17, 15) is 9.59 Å². The standard InChI is InChI=1S/C19H24N6O2/c1-3-24-8-10-25(11-9-24)19(27)17-12-18(21-13-20-17)23-16-6-4-15(5-7-16)22-14(2)26/h4-7,12-13H,3,8-11H2,1-2H3,(H,22,26)(H,20,21,23). The Bertz CT molecular complexity index is 800. The van der Waals surface area contributed by atoms with Crippen molar-refractivity contribution in [2.24, 2.45) is 0 Å². The van der Waals surface area contributed by atoms with Crippen LogP contribution in [-0.2, 0) is 4.79 Å². The van der Waals surface area contributed by atoms with Gasteiger partial charge < -0.3 is 20.4 Å². The van der Waals surface area contributed by atoms with E-state index in [2.05, 4.69) is 32.4 Å². The van der Waals surface area contributed by atoms with E-state index in [0.717, 1.165) is 31.0 Å². The Morgan fingerprint density at radius 2 is 1.70 bits per heavy atom. The molecule has 1 aromatic carbocycles. The highest BCUT2D eigenvalue weighted by Crippen LogP contribution is 2.18. The number of rotatable bonds is 5. The first-order valence-corrected chi connectivity index (χ1v) is 9.03. The van der Waals surface area contributed by atoms with Gasteiger partial charge in [-0.3, -0.25) is 9.59 Å². The highest BCUT2D eigenvalue weighted by atomic mass is 16.2. The highest BCUT2D eigenvalue weighted by molar-refractivity contribution is 5.93. The summed E-state index contributed by atoms with van der Waals surface area (Å²) in [6, 6.07) is 8.92. The van der Waals surface area contributed by atoms with E-state index in [1.807, 2.05) is 17.0 Å². The van der Waals surface area contributed by atoms with Crippen molar-refractivity contribution in [3.05, 3.63) is 42.4 Å². The van der Waals surface area contributed by atoms with Crippen molar-refractivity contribution in [2.45, 2.75) is 13.8 Å². The normalized spacial score (nSPS) is 14.7. The van der Waals surface area contributed by atoms with Gasteiger partial charge in [-0.1, -0.05) is 6.92 Å². The SMILES string of the molecule is CCN1CCN(C(=O)c2cc(Nc3ccc(NC(C)=O)cc3)ncn2)CC1. The van der Waals surface area contributed by atoms with Crippen LogP contribution in [0.5, 0.6) is 0 Å². The van der Waals surface area contributed by atoms with Crippen molar-refractivity contribution < 1.29 is 9.59 Å². The number of amides is 2. The molecule has 0 unspecified atom stereocenters. The first-order chi connectivity index (χ1) is 13.0. The Balaban J connectivity index is 1.65. The third-order valence-corrected chi connectivity index (χ3v) is 4.47. The third kappa shape index (κ3) is 5.01. The monoisotopic (exact) mass is 368 g/mol. The lowest BCUT2D eigenvalue weighted by atomic mass is 10.2. The van der Waals surface area contributed by atoms with E-state index in [4.69, 9.17) is 0 Å². The summed E-state index contributed by atoms with van der Waals surface area (Å²) in [6.07, 6.45) is 1.39. The molecule has 8 nitrogen and oxygen atoms in total. The number of aromatic nitrogens is 2. The lowest BCUT2D eigenvalue weighted by Crippen LogP contribution is -2.48. The second kappa shape index (κ2) is 8.59. The molecule has 2 heterocycles. The van der Waals surface area contributed by atoms with E-state index in [0.29, 0.717) is 24.6 Å². The van der Waals surface area contributed by atoms with Gasteiger partial charge in [0.15, 0.2) is 0 Å². The van der Waals surface area contributed by atoms with Gasteiger partial charge in [-0.2, -0.15) is 0 Å². The van der Waals surface area contributed by atoms with Crippen LogP contribution < -0.4 is 10.6 Å². The van der Waals surface area contributed by atoms with Gasteiger partial charge in [0.25, 0.3) is 5.91 Å². The first kappa shape index (κ1) is 18.8. The average molecular weight is 368 g/mol. The maximum atomic E-state index is 12.7. The first-order valence-electron chi connectivity index (χ1n) is 9.03. The molecule has 1 aliphatic rings. The second-order valence-electron chi connectivity index (χ2n) is 6.40. The predicted molar refractivity (Wildman–Crippen MR) is 104 cm³/mol. The predicted octanol–water partition coefficient (Wildman–Crippen LogP) is 1.96. The molecule has 0 saturated carbocycles. The van der Waals surface area contributed by atoms with Crippen molar-refractivity contribution >= 4 is 29.0 Å². The Morgan fingerprint density at radius 1 is 1.04 bits per heavy atom. The minimum absolute atomic E-state index is 0.0720. The Morgan fingerprint density at radius 3 is 2.33 bits per heavy atom. The van der Waals surface area contributed by atoms with Crippen molar-refractivity contribution in [2.75, 3.05) is 43.4 Å². The van der Waals surface area contributed by atoms with Gasteiger partial charge in [0.05, 0.1) is 0 Å². The highest BCUT2D eigenvalue weighted by Gasteiger charge is 2.22. The van der Waals surface area contributed by atoms with Crippen LogP contribution in [0.1, 0.15) is 24.3 Å². The molecule has 0 atom stereocenters. The fourth-order valence-corrected chi connectivity index (χ4v) is 2.96. The zero-order valence-electron chi connectivity index (χ0n) is 15.6. The zero-order chi connectivity index (χ0) is 19.2. The molecule has 2 N–H and O–H groups in total. The molecule has 1 aliphatic heterocycles. The van der Waals surface area contributed by atoms with E-state index in [1.165, 1.54) is 13.3 Å². The zero-order valence-corrected chi connectivity index (χ0v) is 15.6. The average Bonchev–Trinajstić information content (AvgIpc) is 2.69. The third-order valence-electron chi connectivity index (χ3n) is 4.47. The smallest absolute Gasteiger partial charge is 0.272 e. The Kier molecular flexibility index (Phi) is 5.97. The molecule has 3 rings (SSSR count). The summed E-state index contributed by atoms with van der Waals surface area (Å²) in [5, 5.41) is 5.87.